The van der Waals surface area contributed by atoms with Gasteiger partial charge in [-0.2, -0.15) is 0 Å². The lowest BCUT2D eigenvalue weighted by atomic mass is 9.74. The first-order valence-electron chi connectivity index (χ1n) is 8.77. The van der Waals surface area contributed by atoms with Crippen LogP contribution in [0.2, 0.25) is 0 Å². The van der Waals surface area contributed by atoms with E-state index in [1.165, 1.54) is 13.8 Å². The number of epoxide rings is 1. The fourth-order valence-corrected chi connectivity index (χ4v) is 4.96. The summed E-state index contributed by atoms with van der Waals surface area (Å²) >= 11 is 0. The molecule has 5 nitrogen and oxygen atoms in total. The Bertz CT molecular complexity index is 560. The SMILES string of the molecule is C=C(COC(C)=O)C1C(COC(C)=O)C2(CCC3C1C3(C)C)CO2. The Morgan fingerprint density at radius 3 is 2.38 bits per heavy atom. The lowest BCUT2D eigenvalue weighted by Crippen LogP contribution is -2.38. The average molecular weight is 336 g/mol. The Labute approximate surface area is 143 Å². The van der Waals surface area contributed by atoms with E-state index in [0.29, 0.717) is 18.4 Å². The molecule has 1 spiro atoms. The van der Waals surface area contributed by atoms with Crippen LogP contribution >= 0.6 is 0 Å². The van der Waals surface area contributed by atoms with Gasteiger partial charge in [-0.15, -0.1) is 0 Å². The van der Waals surface area contributed by atoms with Crippen molar-refractivity contribution in [2.75, 3.05) is 19.8 Å². The largest absolute Gasteiger partial charge is 0.465 e. The number of fused-ring (bicyclic) bond motifs is 1. The number of carbonyl (C=O) groups is 2. The minimum atomic E-state index is -0.301. The van der Waals surface area contributed by atoms with Crippen molar-refractivity contribution in [3.05, 3.63) is 12.2 Å². The zero-order chi connectivity index (χ0) is 17.7. The Balaban J connectivity index is 1.85. The highest BCUT2D eigenvalue weighted by Gasteiger charge is 2.69. The second-order valence-corrected chi connectivity index (χ2v) is 8.22. The molecule has 0 amide bonds. The second-order valence-electron chi connectivity index (χ2n) is 8.22. The molecule has 1 saturated heterocycles. The minimum absolute atomic E-state index is 0.0845. The number of ether oxygens (including phenoxy) is 3. The summed E-state index contributed by atoms with van der Waals surface area (Å²) < 4.78 is 16.5. The van der Waals surface area contributed by atoms with Gasteiger partial charge in [-0.05, 0) is 41.6 Å². The highest BCUT2D eigenvalue weighted by atomic mass is 16.6. The first-order valence-corrected chi connectivity index (χ1v) is 8.77. The molecule has 3 rings (SSSR count). The van der Waals surface area contributed by atoms with Gasteiger partial charge in [-0.3, -0.25) is 9.59 Å². The molecule has 134 valence electrons. The molecule has 5 atom stereocenters. The van der Waals surface area contributed by atoms with Crippen LogP contribution in [-0.4, -0.2) is 37.4 Å². The molecular formula is C19H28O5. The van der Waals surface area contributed by atoms with Gasteiger partial charge >= 0.3 is 11.9 Å². The maximum atomic E-state index is 11.4. The maximum absolute atomic E-state index is 11.4. The molecule has 0 aromatic heterocycles. The van der Waals surface area contributed by atoms with Gasteiger partial charge in [0.05, 0.1) is 18.8 Å². The molecule has 1 heterocycles. The van der Waals surface area contributed by atoms with E-state index in [4.69, 9.17) is 14.2 Å². The van der Waals surface area contributed by atoms with Crippen LogP contribution in [0.4, 0.5) is 0 Å². The summed E-state index contributed by atoms with van der Waals surface area (Å²) in [5, 5.41) is 0. The van der Waals surface area contributed by atoms with Gasteiger partial charge in [-0.1, -0.05) is 20.4 Å². The van der Waals surface area contributed by atoms with Crippen molar-refractivity contribution in [1.29, 1.82) is 0 Å². The van der Waals surface area contributed by atoms with E-state index in [9.17, 15) is 9.59 Å². The third-order valence-electron chi connectivity index (χ3n) is 6.43. The molecule has 0 bridgehead atoms. The van der Waals surface area contributed by atoms with E-state index >= 15 is 0 Å². The Morgan fingerprint density at radius 1 is 1.21 bits per heavy atom. The van der Waals surface area contributed by atoms with Crippen LogP contribution in [0.5, 0.6) is 0 Å². The number of esters is 2. The molecule has 5 unspecified atom stereocenters. The predicted octanol–water partition coefficient (Wildman–Crippen LogP) is 2.74. The van der Waals surface area contributed by atoms with Gasteiger partial charge in [0.1, 0.15) is 6.61 Å². The van der Waals surface area contributed by atoms with Crippen molar-refractivity contribution < 1.29 is 23.8 Å². The first-order chi connectivity index (χ1) is 11.2. The van der Waals surface area contributed by atoms with Crippen molar-refractivity contribution >= 4 is 11.9 Å². The number of hydrogen-bond acceptors (Lipinski definition) is 5. The van der Waals surface area contributed by atoms with E-state index in [1.54, 1.807) is 0 Å². The van der Waals surface area contributed by atoms with Crippen LogP contribution in [-0.2, 0) is 23.8 Å². The normalized spacial score (nSPS) is 38.7. The van der Waals surface area contributed by atoms with Crippen LogP contribution in [0.1, 0.15) is 40.5 Å². The zero-order valence-corrected chi connectivity index (χ0v) is 15.1. The van der Waals surface area contributed by atoms with Crippen molar-refractivity contribution in [2.24, 2.45) is 29.1 Å². The first kappa shape index (κ1) is 17.5. The summed E-state index contributed by atoms with van der Waals surface area (Å²) in [4.78, 5) is 22.6. The van der Waals surface area contributed by atoms with Crippen molar-refractivity contribution in [1.82, 2.24) is 0 Å². The zero-order valence-electron chi connectivity index (χ0n) is 15.1. The molecule has 3 aliphatic rings. The van der Waals surface area contributed by atoms with Gasteiger partial charge in [0, 0.05) is 19.8 Å². The minimum Gasteiger partial charge on any atom is -0.465 e. The molecule has 0 radical (unpaired) electrons. The standard InChI is InChI=1S/C19H28O5/c1-11(8-22-12(2)20)16-15(9-23-13(3)21)19(10-24-19)7-6-14-17(16)18(14,4)5/h14-17H,1,6-10H2,2-5H3. The fraction of sp³-hybridized carbons (Fsp3) is 0.789. The summed E-state index contributed by atoms with van der Waals surface area (Å²) in [7, 11) is 0. The summed E-state index contributed by atoms with van der Waals surface area (Å²) in [6.07, 6.45) is 2.13. The van der Waals surface area contributed by atoms with Gasteiger partial charge in [-0.25, -0.2) is 0 Å². The molecule has 0 aromatic carbocycles. The third kappa shape index (κ3) is 2.99. The lowest BCUT2D eigenvalue weighted by molar-refractivity contribution is -0.143. The summed E-state index contributed by atoms with van der Waals surface area (Å²) in [6, 6.07) is 0. The molecular weight excluding hydrogens is 308 g/mol. The third-order valence-corrected chi connectivity index (χ3v) is 6.43. The van der Waals surface area contributed by atoms with Crippen molar-refractivity contribution in [3.63, 3.8) is 0 Å². The Kier molecular flexibility index (Phi) is 4.27. The number of hydrogen-bond donors (Lipinski definition) is 0. The predicted molar refractivity (Wildman–Crippen MR) is 88.1 cm³/mol. The van der Waals surface area contributed by atoms with Crippen LogP contribution in [0.15, 0.2) is 12.2 Å². The van der Waals surface area contributed by atoms with E-state index in [0.717, 1.165) is 25.0 Å². The molecule has 0 aromatic rings. The van der Waals surface area contributed by atoms with Gasteiger partial charge in [0.2, 0.25) is 0 Å². The molecule has 3 fully saturated rings. The molecule has 5 heteroatoms. The van der Waals surface area contributed by atoms with Crippen molar-refractivity contribution in [3.8, 4) is 0 Å². The quantitative estimate of drug-likeness (QED) is 0.439. The lowest BCUT2D eigenvalue weighted by Gasteiger charge is -2.33. The van der Waals surface area contributed by atoms with Crippen LogP contribution in [0, 0.1) is 29.1 Å². The topological polar surface area (TPSA) is 65.1 Å². The second kappa shape index (κ2) is 5.87. The molecule has 0 N–H and O–H groups in total. The Hall–Kier alpha value is -1.36. The van der Waals surface area contributed by atoms with Gasteiger partial charge in [0.25, 0.3) is 0 Å². The van der Waals surface area contributed by atoms with E-state index in [-0.39, 0.29) is 41.4 Å². The summed E-state index contributed by atoms with van der Waals surface area (Å²) in [5.41, 5.74) is 0.970. The monoisotopic (exact) mass is 336 g/mol. The van der Waals surface area contributed by atoms with E-state index in [2.05, 4.69) is 20.4 Å². The average Bonchev–Trinajstić information content (AvgIpc) is 3.36. The van der Waals surface area contributed by atoms with Gasteiger partial charge < -0.3 is 14.2 Å². The molecule has 2 saturated carbocycles. The smallest absolute Gasteiger partial charge is 0.302 e. The van der Waals surface area contributed by atoms with E-state index < -0.39 is 0 Å². The van der Waals surface area contributed by atoms with Crippen LogP contribution in [0.25, 0.3) is 0 Å². The van der Waals surface area contributed by atoms with Gasteiger partial charge in [0.15, 0.2) is 0 Å². The highest BCUT2D eigenvalue weighted by Crippen LogP contribution is 2.70. The molecule has 1 aliphatic heterocycles. The number of rotatable bonds is 5. The van der Waals surface area contributed by atoms with Crippen LogP contribution < -0.4 is 0 Å². The molecule has 2 aliphatic carbocycles. The van der Waals surface area contributed by atoms with Crippen LogP contribution in [0.3, 0.4) is 0 Å². The maximum Gasteiger partial charge on any atom is 0.302 e. The Morgan fingerprint density at radius 2 is 1.83 bits per heavy atom. The highest BCUT2D eigenvalue weighted by molar-refractivity contribution is 5.66. The van der Waals surface area contributed by atoms with E-state index in [1.807, 2.05) is 0 Å². The summed E-state index contributed by atoms with van der Waals surface area (Å²) in [5.74, 6) is 0.760. The number of carbonyl (C=O) groups excluding carboxylic acids is 2. The fourth-order valence-electron chi connectivity index (χ4n) is 4.96. The van der Waals surface area contributed by atoms with Crippen molar-refractivity contribution in [2.45, 2.75) is 46.1 Å². The molecule has 24 heavy (non-hydrogen) atoms. The summed E-state index contributed by atoms with van der Waals surface area (Å²) in [6.45, 7) is 13.0.